The van der Waals surface area contributed by atoms with Crippen molar-refractivity contribution in [2.75, 3.05) is 18.1 Å². The fourth-order valence-electron chi connectivity index (χ4n) is 2.29. The highest BCUT2D eigenvalue weighted by Gasteiger charge is 2.41. The molecule has 2 N–H and O–H groups in total. The van der Waals surface area contributed by atoms with Crippen molar-refractivity contribution in [2.24, 2.45) is 0 Å². The Labute approximate surface area is 136 Å². The van der Waals surface area contributed by atoms with Crippen molar-refractivity contribution in [1.82, 2.24) is 5.32 Å². The van der Waals surface area contributed by atoms with Crippen LogP contribution in [-0.2, 0) is 9.59 Å². The Morgan fingerprint density at radius 3 is 2.61 bits per heavy atom. The molecule has 1 aliphatic rings. The van der Waals surface area contributed by atoms with Crippen molar-refractivity contribution in [2.45, 2.75) is 18.4 Å². The minimum absolute atomic E-state index is 0.0313. The van der Waals surface area contributed by atoms with Crippen LogP contribution in [-0.4, -0.2) is 45.6 Å². The molecule has 1 amide bonds. The summed E-state index contributed by atoms with van der Waals surface area (Å²) in [4.78, 5) is 33.7. The lowest BCUT2D eigenvalue weighted by molar-refractivity contribution is -0.385. The lowest BCUT2D eigenvalue weighted by Gasteiger charge is -2.33. The second-order valence-corrected chi connectivity index (χ2v) is 6.29. The minimum Gasteiger partial charge on any atom is -0.480 e. The molecule has 1 aliphatic heterocycles. The summed E-state index contributed by atoms with van der Waals surface area (Å²) < 4.78 is 5.17. The first-order chi connectivity index (χ1) is 10.9. The highest BCUT2D eigenvalue weighted by Crippen LogP contribution is 2.28. The van der Waals surface area contributed by atoms with E-state index < -0.39 is 28.9 Å². The van der Waals surface area contributed by atoms with Crippen molar-refractivity contribution >= 4 is 29.3 Å². The van der Waals surface area contributed by atoms with Crippen molar-refractivity contribution in [3.63, 3.8) is 0 Å². The van der Waals surface area contributed by atoms with Crippen LogP contribution in [0.2, 0.25) is 0 Å². The lowest BCUT2D eigenvalue weighted by atomic mass is 9.92. The number of carbonyl (C=O) groups is 2. The first-order valence-electron chi connectivity index (χ1n) is 6.93. The predicted molar refractivity (Wildman–Crippen MR) is 83.7 cm³/mol. The Morgan fingerprint density at radius 1 is 1.35 bits per heavy atom. The number of nitrogens with zero attached hydrogens (tertiary/aromatic N) is 1. The Morgan fingerprint density at radius 2 is 2.00 bits per heavy atom. The average molecular weight is 340 g/mol. The van der Waals surface area contributed by atoms with Gasteiger partial charge >= 0.3 is 11.7 Å². The van der Waals surface area contributed by atoms with E-state index in [9.17, 15) is 24.8 Å². The summed E-state index contributed by atoms with van der Waals surface area (Å²) in [6.07, 6.45) is 0.675. The largest absolute Gasteiger partial charge is 0.480 e. The summed E-state index contributed by atoms with van der Waals surface area (Å²) >= 11 is 1.64. The van der Waals surface area contributed by atoms with Gasteiger partial charge in [-0.25, -0.2) is 4.79 Å². The number of carboxylic acids is 1. The molecule has 1 heterocycles. The molecular weight excluding hydrogens is 324 g/mol. The van der Waals surface area contributed by atoms with Gasteiger partial charge in [0.05, 0.1) is 4.92 Å². The molecular formula is C14H16N2O6S. The van der Waals surface area contributed by atoms with Crippen molar-refractivity contribution in [3.8, 4) is 5.75 Å². The van der Waals surface area contributed by atoms with E-state index in [2.05, 4.69) is 5.32 Å². The molecule has 1 saturated heterocycles. The average Bonchev–Trinajstić information content (AvgIpc) is 2.54. The third-order valence-corrected chi connectivity index (χ3v) is 4.54. The number of amides is 1. The molecule has 0 radical (unpaired) electrons. The van der Waals surface area contributed by atoms with Gasteiger partial charge in [0.1, 0.15) is 5.54 Å². The number of hydrogen-bond donors (Lipinski definition) is 2. The number of aliphatic carboxylic acids is 1. The highest BCUT2D eigenvalue weighted by atomic mass is 32.2. The zero-order valence-electron chi connectivity index (χ0n) is 12.2. The minimum atomic E-state index is -1.28. The SMILES string of the molecule is O=C(COc1ccccc1[N+](=O)[O-])NC1(C(=O)O)CCSCC1. The number of hydrogen-bond acceptors (Lipinski definition) is 6. The number of rotatable bonds is 6. The number of benzene rings is 1. The van der Waals surface area contributed by atoms with Crippen LogP contribution in [0.25, 0.3) is 0 Å². The van der Waals surface area contributed by atoms with Crippen molar-refractivity contribution < 1.29 is 24.4 Å². The van der Waals surface area contributed by atoms with Crippen LogP contribution in [0.4, 0.5) is 5.69 Å². The Bertz CT molecular complexity index is 615. The molecule has 8 nitrogen and oxygen atoms in total. The van der Waals surface area contributed by atoms with E-state index >= 15 is 0 Å². The molecule has 23 heavy (non-hydrogen) atoms. The Balaban J connectivity index is 2.00. The van der Waals surface area contributed by atoms with E-state index in [1.807, 2.05) is 0 Å². The second kappa shape index (κ2) is 7.32. The van der Waals surface area contributed by atoms with Gasteiger partial charge in [-0.1, -0.05) is 12.1 Å². The number of ether oxygens (including phenoxy) is 1. The molecule has 0 aliphatic carbocycles. The molecule has 0 saturated carbocycles. The predicted octanol–water partition coefficient (Wildman–Crippen LogP) is 1.44. The highest BCUT2D eigenvalue weighted by molar-refractivity contribution is 7.99. The van der Waals surface area contributed by atoms with E-state index in [1.165, 1.54) is 18.2 Å². The molecule has 1 fully saturated rings. The first-order valence-corrected chi connectivity index (χ1v) is 8.08. The van der Waals surface area contributed by atoms with Gasteiger partial charge in [0.25, 0.3) is 5.91 Å². The van der Waals surface area contributed by atoms with Gasteiger partial charge < -0.3 is 15.2 Å². The normalized spacial score (nSPS) is 16.3. The van der Waals surface area contributed by atoms with E-state index in [0.29, 0.717) is 24.3 Å². The van der Waals surface area contributed by atoms with Crippen LogP contribution < -0.4 is 10.1 Å². The number of nitro groups is 1. The molecule has 1 aromatic rings. The number of carboxylic acid groups (broad SMARTS) is 1. The summed E-state index contributed by atoms with van der Waals surface area (Å²) in [6, 6.07) is 5.70. The van der Waals surface area contributed by atoms with Crippen LogP contribution in [0.5, 0.6) is 5.75 Å². The molecule has 124 valence electrons. The summed E-state index contributed by atoms with van der Waals surface area (Å²) in [6.45, 7) is -0.479. The maximum absolute atomic E-state index is 12.0. The third-order valence-electron chi connectivity index (χ3n) is 3.56. The smallest absolute Gasteiger partial charge is 0.329 e. The van der Waals surface area contributed by atoms with Gasteiger partial charge in [-0.3, -0.25) is 14.9 Å². The fraction of sp³-hybridized carbons (Fsp3) is 0.429. The van der Waals surface area contributed by atoms with Gasteiger partial charge in [0.15, 0.2) is 12.4 Å². The zero-order valence-corrected chi connectivity index (χ0v) is 13.0. The maximum Gasteiger partial charge on any atom is 0.329 e. The molecule has 2 rings (SSSR count). The number of para-hydroxylation sites is 2. The second-order valence-electron chi connectivity index (χ2n) is 5.06. The Kier molecular flexibility index (Phi) is 5.43. The molecule has 0 spiro atoms. The molecule has 0 aromatic heterocycles. The molecule has 9 heteroatoms. The summed E-state index contributed by atoms with van der Waals surface area (Å²) in [7, 11) is 0. The van der Waals surface area contributed by atoms with Crippen LogP contribution in [0, 0.1) is 10.1 Å². The fourth-order valence-corrected chi connectivity index (χ4v) is 3.48. The Hall–Kier alpha value is -2.29. The summed E-state index contributed by atoms with van der Waals surface area (Å²) in [5.74, 6) is -0.416. The molecule has 1 aromatic carbocycles. The maximum atomic E-state index is 12.0. The zero-order chi connectivity index (χ0) is 16.9. The first kappa shape index (κ1) is 17.1. The number of nitrogens with one attached hydrogen (secondary N) is 1. The molecule has 0 unspecified atom stereocenters. The lowest BCUT2D eigenvalue weighted by Crippen LogP contribution is -2.57. The summed E-state index contributed by atoms with van der Waals surface area (Å²) in [5.41, 5.74) is -1.53. The van der Waals surface area contributed by atoms with Crippen molar-refractivity contribution in [3.05, 3.63) is 34.4 Å². The van der Waals surface area contributed by atoms with Gasteiger partial charge in [-0.2, -0.15) is 11.8 Å². The van der Waals surface area contributed by atoms with Crippen molar-refractivity contribution in [1.29, 1.82) is 0 Å². The van der Waals surface area contributed by atoms with Gasteiger partial charge in [-0.05, 0) is 30.4 Å². The topological polar surface area (TPSA) is 119 Å². The van der Waals surface area contributed by atoms with E-state index in [1.54, 1.807) is 17.8 Å². The quantitative estimate of drug-likeness (QED) is 0.594. The van der Waals surface area contributed by atoms with Crippen LogP contribution in [0.1, 0.15) is 12.8 Å². The summed E-state index contributed by atoms with van der Waals surface area (Å²) in [5, 5.41) is 22.8. The van der Waals surface area contributed by atoms with E-state index in [0.717, 1.165) is 0 Å². The standard InChI is InChI=1S/C14H16N2O6S/c17-12(15-14(13(18)19)5-7-23-8-6-14)9-22-11-4-2-1-3-10(11)16(20)21/h1-4H,5-9H2,(H,15,17)(H,18,19). The van der Waals surface area contributed by atoms with Gasteiger partial charge in [-0.15, -0.1) is 0 Å². The van der Waals surface area contributed by atoms with Gasteiger partial charge in [0.2, 0.25) is 0 Å². The van der Waals surface area contributed by atoms with Crippen LogP contribution in [0.3, 0.4) is 0 Å². The molecule has 0 atom stereocenters. The third kappa shape index (κ3) is 4.13. The van der Waals surface area contributed by atoms with E-state index in [4.69, 9.17) is 4.74 Å². The van der Waals surface area contributed by atoms with E-state index in [-0.39, 0.29) is 11.4 Å². The number of carbonyl (C=O) groups excluding carboxylic acids is 1. The van der Waals surface area contributed by atoms with Gasteiger partial charge in [0, 0.05) is 6.07 Å². The number of nitro benzene ring substituents is 1. The molecule has 0 bridgehead atoms. The number of thioether (sulfide) groups is 1. The monoisotopic (exact) mass is 340 g/mol. The van der Waals surface area contributed by atoms with Crippen LogP contribution >= 0.6 is 11.8 Å². The van der Waals surface area contributed by atoms with Crippen LogP contribution in [0.15, 0.2) is 24.3 Å².